The molecule has 1 saturated heterocycles. The van der Waals surface area contributed by atoms with Crippen LogP contribution in [0.3, 0.4) is 0 Å². The van der Waals surface area contributed by atoms with E-state index >= 15 is 0 Å². The number of amides is 1. The molecule has 0 bridgehead atoms. The van der Waals surface area contributed by atoms with E-state index in [2.05, 4.69) is 16.5 Å². The fourth-order valence-electron chi connectivity index (χ4n) is 3.97. The van der Waals surface area contributed by atoms with Crippen LogP contribution < -0.4 is 5.32 Å². The molecule has 1 saturated carbocycles. The van der Waals surface area contributed by atoms with Crippen molar-refractivity contribution >= 4 is 23.4 Å². The lowest BCUT2D eigenvalue weighted by atomic mass is 9.69. The number of piperidine rings is 1. The Bertz CT molecular complexity index is 566. The van der Waals surface area contributed by atoms with Gasteiger partial charge in [-0.2, -0.15) is 11.8 Å². The van der Waals surface area contributed by atoms with Gasteiger partial charge in [0.1, 0.15) is 5.75 Å². The van der Waals surface area contributed by atoms with Gasteiger partial charge in [-0.05, 0) is 68.3 Å². The van der Waals surface area contributed by atoms with Crippen molar-refractivity contribution in [2.75, 3.05) is 37.0 Å². The molecule has 1 heterocycles. The van der Waals surface area contributed by atoms with E-state index in [-0.39, 0.29) is 17.6 Å². The number of para-hydroxylation sites is 2. The molecular weight excluding hydrogens is 320 g/mol. The van der Waals surface area contributed by atoms with Crippen LogP contribution in [0.1, 0.15) is 32.1 Å². The molecule has 4 nitrogen and oxygen atoms in total. The highest BCUT2D eigenvalue weighted by molar-refractivity contribution is 7.98. The molecule has 24 heavy (non-hydrogen) atoms. The smallest absolute Gasteiger partial charge is 0.227 e. The lowest BCUT2D eigenvalue weighted by Gasteiger charge is -2.46. The number of hydrogen-bond donors (Lipinski definition) is 2. The van der Waals surface area contributed by atoms with E-state index in [1.807, 2.05) is 17.8 Å². The summed E-state index contributed by atoms with van der Waals surface area (Å²) >= 11 is 1.97. The summed E-state index contributed by atoms with van der Waals surface area (Å²) < 4.78 is 0. The van der Waals surface area contributed by atoms with Crippen LogP contribution in [0.15, 0.2) is 24.3 Å². The first kappa shape index (κ1) is 17.6. The highest BCUT2D eigenvalue weighted by atomic mass is 32.2. The summed E-state index contributed by atoms with van der Waals surface area (Å²) in [6, 6.07) is 6.92. The van der Waals surface area contributed by atoms with Gasteiger partial charge in [-0.15, -0.1) is 0 Å². The molecule has 0 spiro atoms. The highest BCUT2D eigenvalue weighted by Crippen LogP contribution is 2.44. The van der Waals surface area contributed by atoms with Gasteiger partial charge in [-0.1, -0.05) is 18.6 Å². The average Bonchev–Trinajstić information content (AvgIpc) is 2.55. The highest BCUT2D eigenvalue weighted by Gasteiger charge is 2.39. The summed E-state index contributed by atoms with van der Waals surface area (Å²) in [5, 5.41) is 12.7. The predicted molar refractivity (Wildman–Crippen MR) is 101 cm³/mol. The second-order valence-corrected chi connectivity index (χ2v) is 8.21. The first-order valence-corrected chi connectivity index (χ1v) is 10.3. The Morgan fingerprint density at radius 2 is 2.04 bits per heavy atom. The molecule has 2 aliphatic rings. The zero-order chi connectivity index (χ0) is 17.0. The average molecular weight is 349 g/mol. The summed E-state index contributed by atoms with van der Waals surface area (Å²) in [7, 11) is 0. The van der Waals surface area contributed by atoms with Crippen molar-refractivity contribution < 1.29 is 9.90 Å². The minimum absolute atomic E-state index is 0.0404. The predicted octanol–water partition coefficient (Wildman–Crippen LogP) is 3.58. The fourth-order valence-corrected chi connectivity index (χ4v) is 4.97. The number of nitrogens with zero attached hydrogens (tertiary/aromatic N) is 1. The Labute approximate surface area is 149 Å². The number of benzene rings is 1. The third kappa shape index (κ3) is 4.06. The number of likely N-dealkylation sites (tertiary alicyclic amines) is 1. The van der Waals surface area contributed by atoms with Crippen LogP contribution in [0.5, 0.6) is 5.75 Å². The van der Waals surface area contributed by atoms with Gasteiger partial charge < -0.3 is 15.3 Å². The SMILES string of the molecule is CSCC1(CN2CCC(C(=O)Nc3ccccc3O)CC2)CCC1. The standard InChI is InChI=1S/C19H28N2O2S/c1-24-14-19(9-4-10-19)13-21-11-7-15(8-12-21)18(23)20-16-5-2-3-6-17(16)22/h2-3,5-6,15,22H,4,7-14H2,1H3,(H,20,23). The Kier molecular flexibility index (Phi) is 5.72. The van der Waals surface area contributed by atoms with E-state index in [1.165, 1.54) is 31.6 Å². The normalized spacial score (nSPS) is 21.2. The third-order valence-corrected chi connectivity index (χ3v) is 6.45. The van der Waals surface area contributed by atoms with Crippen molar-refractivity contribution in [2.45, 2.75) is 32.1 Å². The van der Waals surface area contributed by atoms with Gasteiger partial charge in [0.2, 0.25) is 5.91 Å². The van der Waals surface area contributed by atoms with Crippen molar-refractivity contribution in [1.82, 2.24) is 4.90 Å². The van der Waals surface area contributed by atoms with Crippen molar-refractivity contribution in [3.8, 4) is 5.75 Å². The van der Waals surface area contributed by atoms with Crippen LogP contribution in [0.25, 0.3) is 0 Å². The summed E-state index contributed by atoms with van der Waals surface area (Å²) in [5.74, 6) is 1.49. The summed E-state index contributed by atoms with van der Waals surface area (Å²) in [4.78, 5) is 15.0. The Hall–Kier alpha value is -1.20. The number of phenolic OH excluding ortho intramolecular Hbond substituents is 1. The third-order valence-electron chi connectivity index (χ3n) is 5.54. The van der Waals surface area contributed by atoms with E-state index in [0.717, 1.165) is 25.9 Å². The molecule has 132 valence electrons. The summed E-state index contributed by atoms with van der Waals surface area (Å²) in [6.45, 7) is 3.21. The first-order chi connectivity index (χ1) is 11.6. The first-order valence-electron chi connectivity index (χ1n) is 8.92. The Morgan fingerprint density at radius 3 is 2.62 bits per heavy atom. The topological polar surface area (TPSA) is 52.6 Å². The Morgan fingerprint density at radius 1 is 1.33 bits per heavy atom. The summed E-state index contributed by atoms with van der Waals surface area (Å²) in [5.41, 5.74) is 1.04. The molecule has 5 heteroatoms. The number of carbonyl (C=O) groups excluding carboxylic acids is 1. The molecule has 3 rings (SSSR count). The van der Waals surface area contributed by atoms with Crippen LogP contribution in [0, 0.1) is 11.3 Å². The van der Waals surface area contributed by atoms with Gasteiger partial charge >= 0.3 is 0 Å². The lowest BCUT2D eigenvalue weighted by molar-refractivity contribution is -0.121. The molecule has 2 fully saturated rings. The number of carbonyl (C=O) groups is 1. The van der Waals surface area contributed by atoms with E-state index in [9.17, 15) is 9.90 Å². The van der Waals surface area contributed by atoms with Crippen LogP contribution >= 0.6 is 11.8 Å². The van der Waals surface area contributed by atoms with Gasteiger partial charge in [0, 0.05) is 12.5 Å². The summed E-state index contributed by atoms with van der Waals surface area (Å²) in [6.07, 6.45) is 8.13. The molecule has 0 atom stereocenters. The minimum Gasteiger partial charge on any atom is -0.506 e. The molecule has 2 N–H and O–H groups in total. The number of rotatable bonds is 6. The molecular formula is C19H28N2O2S. The van der Waals surface area contributed by atoms with Crippen molar-refractivity contribution in [1.29, 1.82) is 0 Å². The largest absolute Gasteiger partial charge is 0.506 e. The molecule has 1 aliphatic heterocycles. The van der Waals surface area contributed by atoms with E-state index in [4.69, 9.17) is 0 Å². The molecule has 0 radical (unpaired) electrons. The maximum atomic E-state index is 12.4. The van der Waals surface area contributed by atoms with Crippen LogP contribution in [-0.4, -0.2) is 47.6 Å². The molecule has 1 aliphatic carbocycles. The monoisotopic (exact) mass is 348 g/mol. The van der Waals surface area contributed by atoms with Gasteiger partial charge in [0.05, 0.1) is 5.69 Å². The van der Waals surface area contributed by atoms with Crippen LogP contribution in [0.2, 0.25) is 0 Å². The zero-order valence-electron chi connectivity index (χ0n) is 14.5. The fraction of sp³-hybridized carbons (Fsp3) is 0.632. The quantitative estimate of drug-likeness (QED) is 0.772. The van der Waals surface area contributed by atoms with E-state index in [0.29, 0.717) is 11.1 Å². The second kappa shape index (κ2) is 7.79. The van der Waals surface area contributed by atoms with Crippen molar-refractivity contribution in [3.05, 3.63) is 24.3 Å². The second-order valence-electron chi connectivity index (χ2n) is 7.34. The number of anilines is 1. The lowest BCUT2D eigenvalue weighted by Crippen LogP contribution is -2.47. The molecule has 0 unspecified atom stereocenters. The van der Waals surface area contributed by atoms with Gasteiger partial charge in [-0.3, -0.25) is 4.79 Å². The maximum absolute atomic E-state index is 12.4. The van der Waals surface area contributed by atoms with Crippen LogP contribution in [0.4, 0.5) is 5.69 Å². The zero-order valence-corrected chi connectivity index (χ0v) is 15.3. The maximum Gasteiger partial charge on any atom is 0.227 e. The molecule has 1 amide bonds. The van der Waals surface area contributed by atoms with Gasteiger partial charge in [0.15, 0.2) is 0 Å². The van der Waals surface area contributed by atoms with Gasteiger partial charge in [-0.25, -0.2) is 0 Å². The van der Waals surface area contributed by atoms with Crippen molar-refractivity contribution in [3.63, 3.8) is 0 Å². The minimum atomic E-state index is 0.0404. The number of thioether (sulfide) groups is 1. The molecule has 1 aromatic rings. The molecule has 1 aromatic carbocycles. The van der Waals surface area contributed by atoms with E-state index < -0.39 is 0 Å². The van der Waals surface area contributed by atoms with Crippen LogP contribution in [-0.2, 0) is 4.79 Å². The molecule has 0 aromatic heterocycles. The number of phenols is 1. The van der Waals surface area contributed by atoms with E-state index in [1.54, 1.807) is 18.2 Å². The van der Waals surface area contributed by atoms with Gasteiger partial charge in [0.25, 0.3) is 0 Å². The van der Waals surface area contributed by atoms with Crippen molar-refractivity contribution in [2.24, 2.45) is 11.3 Å². The number of hydrogen-bond acceptors (Lipinski definition) is 4. The number of aromatic hydroxyl groups is 1. The number of nitrogens with one attached hydrogen (secondary N) is 1. The Balaban J connectivity index is 1.48.